The number of carbonyl (C=O) groups is 4. The number of aromatic carboxylic acids is 1. The van der Waals surface area contributed by atoms with Gasteiger partial charge in [-0.25, -0.2) is 4.79 Å². The fraction of sp³-hybridized carbons (Fsp3) is 0.0909. The van der Waals surface area contributed by atoms with Gasteiger partial charge in [-0.3, -0.25) is 24.5 Å². The van der Waals surface area contributed by atoms with E-state index < -0.39 is 28.0 Å². The number of rotatable bonds is 11. The summed E-state index contributed by atoms with van der Waals surface area (Å²) in [6.07, 6.45) is 1.41. The van der Waals surface area contributed by atoms with E-state index in [1.54, 1.807) is 74.5 Å². The minimum atomic E-state index is -1.09. The number of nitrogens with one attached hydrogen (secondary N) is 3. The highest BCUT2D eigenvalue weighted by molar-refractivity contribution is 8.00. The van der Waals surface area contributed by atoms with E-state index in [1.165, 1.54) is 54.2 Å². The van der Waals surface area contributed by atoms with Crippen molar-refractivity contribution in [3.63, 3.8) is 0 Å². The van der Waals surface area contributed by atoms with E-state index in [4.69, 9.17) is 0 Å². The van der Waals surface area contributed by atoms with E-state index in [2.05, 4.69) is 16.0 Å². The van der Waals surface area contributed by atoms with Crippen molar-refractivity contribution in [1.29, 1.82) is 0 Å². The van der Waals surface area contributed by atoms with Gasteiger partial charge in [-0.1, -0.05) is 24.3 Å². The molecule has 0 saturated carbocycles. The average molecular weight is 625 g/mol. The summed E-state index contributed by atoms with van der Waals surface area (Å²) in [4.78, 5) is 61.5. The van der Waals surface area contributed by atoms with E-state index in [0.717, 1.165) is 10.5 Å². The van der Waals surface area contributed by atoms with Crippen LogP contribution < -0.4 is 16.0 Å². The Hall–Kier alpha value is -5.75. The van der Waals surface area contributed by atoms with Crippen LogP contribution in [0.2, 0.25) is 0 Å². The van der Waals surface area contributed by atoms with Gasteiger partial charge in [-0.15, -0.1) is 11.8 Å². The van der Waals surface area contributed by atoms with E-state index in [0.29, 0.717) is 22.5 Å². The first-order chi connectivity index (χ1) is 21.5. The van der Waals surface area contributed by atoms with Crippen molar-refractivity contribution in [3.8, 4) is 0 Å². The summed E-state index contributed by atoms with van der Waals surface area (Å²) in [6, 6.07) is 25.1. The molecule has 0 saturated heterocycles. The number of anilines is 2. The number of amides is 3. The molecule has 1 atom stereocenters. The summed E-state index contributed by atoms with van der Waals surface area (Å²) in [7, 11) is 0. The smallest absolute Gasteiger partial charge is 0.335 e. The zero-order chi connectivity index (χ0) is 32.5. The Labute approximate surface area is 262 Å². The summed E-state index contributed by atoms with van der Waals surface area (Å²) in [5.74, 6) is -2.53. The van der Waals surface area contributed by atoms with Gasteiger partial charge in [0.25, 0.3) is 17.5 Å². The van der Waals surface area contributed by atoms with Crippen molar-refractivity contribution in [2.24, 2.45) is 0 Å². The number of carbonyl (C=O) groups excluding carboxylic acids is 3. The minimum Gasteiger partial charge on any atom is -0.478 e. The summed E-state index contributed by atoms with van der Waals surface area (Å²) in [5, 5.41) is 27.9. The quantitative estimate of drug-likeness (QED) is 0.0669. The molecular weight excluding hydrogens is 596 g/mol. The van der Waals surface area contributed by atoms with Crippen molar-refractivity contribution in [1.82, 2.24) is 5.32 Å². The Morgan fingerprint density at radius 1 is 0.867 bits per heavy atom. The molecule has 0 aliphatic heterocycles. The number of hydrogen-bond acceptors (Lipinski definition) is 7. The molecule has 0 bridgehead atoms. The molecule has 0 aliphatic carbocycles. The van der Waals surface area contributed by atoms with Crippen LogP contribution in [0.4, 0.5) is 17.1 Å². The third-order valence-electron chi connectivity index (χ3n) is 6.48. The molecule has 11 nitrogen and oxygen atoms in total. The maximum Gasteiger partial charge on any atom is 0.335 e. The summed E-state index contributed by atoms with van der Waals surface area (Å²) in [6.45, 7) is 3.49. The number of carboxylic acid groups (broad SMARTS) is 1. The lowest BCUT2D eigenvalue weighted by molar-refractivity contribution is -0.384. The second kappa shape index (κ2) is 14.6. The maximum atomic E-state index is 13.3. The molecule has 228 valence electrons. The van der Waals surface area contributed by atoms with Crippen LogP contribution in [-0.4, -0.2) is 39.0 Å². The van der Waals surface area contributed by atoms with Crippen LogP contribution in [0.25, 0.3) is 6.08 Å². The highest BCUT2D eigenvalue weighted by Crippen LogP contribution is 2.27. The van der Waals surface area contributed by atoms with Crippen LogP contribution in [-0.2, 0) is 9.59 Å². The third-order valence-corrected chi connectivity index (χ3v) is 7.59. The molecule has 0 aliphatic rings. The highest BCUT2D eigenvalue weighted by Gasteiger charge is 2.18. The van der Waals surface area contributed by atoms with Gasteiger partial charge in [0.2, 0.25) is 5.91 Å². The normalized spacial score (nSPS) is 11.6. The Balaban J connectivity index is 1.45. The molecule has 4 rings (SSSR count). The topological polar surface area (TPSA) is 168 Å². The molecule has 1 unspecified atom stereocenters. The number of nitro groups is 1. The first kappa shape index (κ1) is 32.2. The molecular formula is C33H28N4O7S. The zero-order valence-electron chi connectivity index (χ0n) is 24.1. The Morgan fingerprint density at radius 2 is 1.53 bits per heavy atom. The van der Waals surface area contributed by atoms with Crippen molar-refractivity contribution in [2.75, 3.05) is 10.6 Å². The Kier molecular flexibility index (Phi) is 10.5. The second-order valence-corrected chi connectivity index (χ2v) is 11.2. The average Bonchev–Trinajstić information content (AvgIpc) is 3.03. The summed E-state index contributed by atoms with van der Waals surface area (Å²) >= 11 is 1.27. The minimum absolute atomic E-state index is 0.0687. The number of hydrogen-bond donors (Lipinski definition) is 4. The number of carboxylic acids is 1. The molecule has 4 N–H and O–H groups in total. The van der Waals surface area contributed by atoms with Gasteiger partial charge in [0.1, 0.15) is 5.70 Å². The number of nitrogens with zero attached hydrogens (tertiary/aromatic N) is 1. The monoisotopic (exact) mass is 624 g/mol. The van der Waals surface area contributed by atoms with Crippen molar-refractivity contribution >= 4 is 58.6 Å². The van der Waals surface area contributed by atoms with Gasteiger partial charge in [0.05, 0.1) is 15.7 Å². The van der Waals surface area contributed by atoms with Crippen molar-refractivity contribution < 1.29 is 29.2 Å². The van der Waals surface area contributed by atoms with Crippen LogP contribution in [0.5, 0.6) is 0 Å². The first-order valence-corrected chi connectivity index (χ1v) is 14.4. The molecule has 0 heterocycles. The molecule has 4 aromatic carbocycles. The van der Waals surface area contributed by atoms with E-state index in [9.17, 15) is 34.4 Å². The second-order valence-electron chi connectivity index (χ2n) is 9.79. The summed E-state index contributed by atoms with van der Waals surface area (Å²) in [5.41, 5.74) is 2.25. The van der Waals surface area contributed by atoms with Gasteiger partial charge in [-0.2, -0.15) is 0 Å². The number of aryl methyl sites for hydroxylation is 1. The van der Waals surface area contributed by atoms with Gasteiger partial charge < -0.3 is 21.1 Å². The molecule has 4 aromatic rings. The van der Waals surface area contributed by atoms with Crippen LogP contribution in [0.1, 0.15) is 38.8 Å². The third kappa shape index (κ3) is 8.88. The van der Waals surface area contributed by atoms with E-state index in [1.807, 2.05) is 0 Å². The molecule has 0 spiro atoms. The standard InChI is InChI=1S/C33H28N4O7S/c1-20-8-11-24(33(41)42)19-28(20)35-30(38)21(2)45-27-16-12-25(13-17-27)34-32(40)29(36-31(39)23-6-4-3-5-7-23)18-22-9-14-26(15-10-22)37(43)44/h3-19,21H,1-2H3,(H,34,40)(H,35,38)(H,36,39)(H,41,42)/b29-18-. The SMILES string of the molecule is Cc1ccc(C(=O)O)cc1NC(=O)C(C)Sc1ccc(NC(=O)/C(=C/c2ccc([N+](=O)[O-])cc2)NC(=O)c2ccccc2)cc1. The molecule has 12 heteroatoms. The van der Waals surface area contributed by atoms with Crippen molar-refractivity contribution in [2.45, 2.75) is 24.0 Å². The fourth-order valence-corrected chi connectivity index (χ4v) is 4.87. The molecule has 45 heavy (non-hydrogen) atoms. The highest BCUT2D eigenvalue weighted by atomic mass is 32.2. The zero-order valence-corrected chi connectivity index (χ0v) is 25.0. The summed E-state index contributed by atoms with van der Waals surface area (Å²) < 4.78 is 0. The lowest BCUT2D eigenvalue weighted by Crippen LogP contribution is -2.30. The number of thioether (sulfide) groups is 1. The lowest BCUT2D eigenvalue weighted by Gasteiger charge is -2.15. The lowest BCUT2D eigenvalue weighted by atomic mass is 10.1. The van der Waals surface area contributed by atoms with Gasteiger partial charge in [0.15, 0.2) is 0 Å². The van der Waals surface area contributed by atoms with Gasteiger partial charge >= 0.3 is 5.97 Å². The van der Waals surface area contributed by atoms with Crippen molar-refractivity contribution in [3.05, 3.63) is 135 Å². The van der Waals surface area contributed by atoms with Crippen LogP contribution in [0, 0.1) is 17.0 Å². The van der Waals surface area contributed by atoms with Gasteiger partial charge in [-0.05, 0) is 91.7 Å². The van der Waals surface area contributed by atoms with Gasteiger partial charge in [0, 0.05) is 34.0 Å². The Bertz CT molecular complexity index is 1770. The number of benzene rings is 4. The van der Waals surface area contributed by atoms with Crippen LogP contribution in [0.15, 0.2) is 108 Å². The molecule has 0 fully saturated rings. The van der Waals surface area contributed by atoms with E-state index in [-0.39, 0.29) is 22.9 Å². The largest absolute Gasteiger partial charge is 0.478 e. The molecule has 0 radical (unpaired) electrons. The predicted molar refractivity (Wildman–Crippen MR) is 172 cm³/mol. The number of non-ortho nitro benzene ring substituents is 1. The van der Waals surface area contributed by atoms with Crippen LogP contribution >= 0.6 is 11.8 Å². The maximum absolute atomic E-state index is 13.3. The molecule has 0 aromatic heterocycles. The first-order valence-electron chi connectivity index (χ1n) is 13.6. The molecule has 3 amide bonds. The Morgan fingerprint density at radius 3 is 2.16 bits per heavy atom. The fourth-order valence-electron chi connectivity index (χ4n) is 4.00. The van der Waals surface area contributed by atoms with E-state index >= 15 is 0 Å². The number of nitro benzene ring substituents is 1. The predicted octanol–water partition coefficient (Wildman–Crippen LogP) is 6.13. The van der Waals surface area contributed by atoms with Crippen LogP contribution in [0.3, 0.4) is 0 Å².